The zero-order valence-corrected chi connectivity index (χ0v) is 20.1. The molecular weight excluding hydrogens is 476 g/mol. The molecule has 0 radical (unpaired) electrons. The number of aryl methyl sites for hydroxylation is 1. The number of ether oxygens (including phenoxy) is 1. The summed E-state index contributed by atoms with van der Waals surface area (Å²) < 4.78 is 5.73. The number of nitrogens with zero attached hydrogens (tertiary/aromatic N) is 2. The standard InChI is InChI=1S/C24H18N2O4S3/c1-15-7-10-17(11-8-15)32-21-12-9-16(13-19(21)26(28)29)14-22-23(27)25(24(31)33-22)18-5-3-4-6-20(18)30-2/h3-14H,1-2H3/b22-14-. The maximum absolute atomic E-state index is 13.1. The van der Waals surface area contributed by atoms with Crippen LogP contribution >= 0.6 is 35.7 Å². The van der Waals surface area contributed by atoms with Gasteiger partial charge in [-0.2, -0.15) is 0 Å². The van der Waals surface area contributed by atoms with E-state index in [9.17, 15) is 14.9 Å². The predicted octanol–water partition coefficient (Wildman–Crippen LogP) is 6.47. The second-order valence-corrected chi connectivity index (χ2v) is 9.88. The van der Waals surface area contributed by atoms with Crippen LogP contribution in [0, 0.1) is 17.0 Å². The summed E-state index contributed by atoms with van der Waals surface area (Å²) in [5.74, 6) is 0.235. The number of amides is 1. The number of hydrogen-bond donors (Lipinski definition) is 0. The molecule has 3 aromatic rings. The van der Waals surface area contributed by atoms with E-state index in [1.807, 2.05) is 37.3 Å². The lowest BCUT2D eigenvalue weighted by atomic mass is 10.2. The van der Waals surface area contributed by atoms with Crippen LogP contribution < -0.4 is 9.64 Å². The average Bonchev–Trinajstić information content (AvgIpc) is 3.08. The molecule has 9 heteroatoms. The zero-order chi connectivity index (χ0) is 23.5. The molecule has 0 atom stereocenters. The predicted molar refractivity (Wildman–Crippen MR) is 137 cm³/mol. The zero-order valence-electron chi connectivity index (χ0n) is 17.7. The molecule has 0 aliphatic carbocycles. The number of thioether (sulfide) groups is 1. The summed E-state index contributed by atoms with van der Waals surface area (Å²) >= 11 is 7.91. The van der Waals surface area contributed by atoms with Gasteiger partial charge in [-0.1, -0.05) is 71.6 Å². The lowest BCUT2D eigenvalue weighted by molar-refractivity contribution is -0.387. The molecule has 0 spiro atoms. The molecule has 4 rings (SSSR count). The molecule has 1 fully saturated rings. The van der Waals surface area contributed by atoms with Crippen molar-refractivity contribution < 1.29 is 14.5 Å². The molecule has 0 N–H and O–H groups in total. The third kappa shape index (κ3) is 4.95. The minimum absolute atomic E-state index is 0.0190. The molecular formula is C24H18N2O4S3. The quantitative estimate of drug-likeness (QED) is 0.168. The number of benzene rings is 3. The fourth-order valence-electron chi connectivity index (χ4n) is 3.23. The first-order valence-electron chi connectivity index (χ1n) is 9.81. The van der Waals surface area contributed by atoms with Crippen LogP contribution in [0.2, 0.25) is 0 Å². The van der Waals surface area contributed by atoms with Crippen molar-refractivity contribution in [3.05, 3.63) is 92.9 Å². The van der Waals surface area contributed by atoms with E-state index in [0.29, 0.717) is 31.1 Å². The summed E-state index contributed by atoms with van der Waals surface area (Å²) in [5, 5.41) is 11.7. The number of methoxy groups -OCH3 is 1. The summed E-state index contributed by atoms with van der Waals surface area (Å²) in [6, 6.07) is 19.9. The molecule has 0 saturated carbocycles. The largest absolute Gasteiger partial charge is 0.495 e. The second-order valence-electron chi connectivity index (χ2n) is 7.09. The fraction of sp³-hybridized carbons (Fsp3) is 0.0833. The second kappa shape index (κ2) is 9.78. The average molecular weight is 495 g/mol. The van der Waals surface area contributed by atoms with Gasteiger partial charge < -0.3 is 4.74 Å². The Morgan fingerprint density at radius 3 is 2.55 bits per heavy atom. The SMILES string of the molecule is COc1ccccc1N1C(=O)/C(=C/c2ccc(Sc3ccc(C)cc3)c([N+](=O)[O-])c2)SC1=S. The van der Waals surface area contributed by atoms with E-state index < -0.39 is 4.92 Å². The Bertz CT molecular complexity index is 1290. The molecule has 3 aromatic carbocycles. The van der Waals surface area contributed by atoms with Gasteiger partial charge in [-0.05, 0) is 48.9 Å². The summed E-state index contributed by atoms with van der Waals surface area (Å²) in [7, 11) is 1.53. The van der Waals surface area contributed by atoms with Gasteiger partial charge in [-0.25, -0.2) is 0 Å². The third-order valence-electron chi connectivity index (χ3n) is 4.85. The monoisotopic (exact) mass is 494 g/mol. The van der Waals surface area contributed by atoms with E-state index in [4.69, 9.17) is 17.0 Å². The Balaban J connectivity index is 1.64. The van der Waals surface area contributed by atoms with E-state index >= 15 is 0 Å². The molecule has 6 nitrogen and oxygen atoms in total. The minimum Gasteiger partial charge on any atom is -0.495 e. The molecule has 1 saturated heterocycles. The number of carbonyl (C=O) groups excluding carboxylic acids is 1. The van der Waals surface area contributed by atoms with Gasteiger partial charge in [0.2, 0.25) is 0 Å². The first-order chi connectivity index (χ1) is 15.9. The molecule has 33 heavy (non-hydrogen) atoms. The van der Waals surface area contributed by atoms with Crippen molar-refractivity contribution in [1.29, 1.82) is 0 Å². The van der Waals surface area contributed by atoms with Gasteiger partial charge in [-0.15, -0.1) is 0 Å². The number of thiocarbonyl (C=S) groups is 1. The number of hydrogen-bond acceptors (Lipinski definition) is 7. The number of carbonyl (C=O) groups is 1. The first-order valence-corrected chi connectivity index (χ1v) is 11.9. The van der Waals surface area contributed by atoms with Gasteiger partial charge in [-0.3, -0.25) is 19.8 Å². The molecule has 166 valence electrons. The Morgan fingerprint density at radius 1 is 1.12 bits per heavy atom. The molecule has 1 heterocycles. The fourth-order valence-corrected chi connectivity index (χ4v) is 5.41. The number of nitro groups is 1. The van der Waals surface area contributed by atoms with E-state index in [1.54, 1.807) is 36.4 Å². The van der Waals surface area contributed by atoms with Gasteiger partial charge in [0.15, 0.2) is 4.32 Å². The summed E-state index contributed by atoms with van der Waals surface area (Å²) in [4.78, 5) is 27.7. The molecule has 0 aromatic heterocycles. The summed E-state index contributed by atoms with van der Waals surface area (Å²) in [5.41, 5.74) is 2.21. The van der Waals surface area contributed by atoms with Crippen LogP contribution in [0.3, 0.4) is 0 Å². The van der Waals surface area contributed by atoms with Gasteiger partial charge in [0, 0.05) is 11.0 Å². The van der Waals surface area contributed by atoms with Crippen LogP contribution in [0.25, 0.3) is 6.08 Å². The van der Waals surface area contributed by atoms with Gasteiger partial charge >= 0.3 is 0 Å². The smallest absolute Gasteiger partial charge is 0.283 e. The Labute approximate surface area is 204 Å². The van der Waals surface area contributed by atoms with Crippen LogP contribution in [0.1, 0.15) is 11.1 Å². The van der Waals surface area contributed by atoms with Crippen molar-refractivity contribution in [2.24, 2.45) is 0 Å². The topological polar surface area (TPSA) is 72.7 Å². The maximum Gasteiger partial charge on any atom is 0.283 e. The third-order valence-corrected chi connectivity index (χ3v) is 7.22. The molecule has 0 unspecified atom stereocenters. The Kier molecular flexibility index (Phi) is 6.83. The van der Waals surface area contributed by atoms with Crippen molar-refractivity contribution in [3.8, 4) is 5.75 Å². The van der Waals surface area contributed by atoms with E-state index in [0.717, 1.165) is 22.2 Å². The van der Waals surface area contributed by atoms with Crippen LogP contribution in [-0.2, 0) is 4.79 Å². The van der Waals surface area contributed by atoms with E-state index in [2.05, 4.69) is 0 Å². The van der Waals surface area contributed by atoms with Crippen molar-refractivity contribution >= 4 is 63.4 Å². The van der Waals surface area contributed by atoms with Crippen molar-refractivity contribution in [1.82, 2.24) is 0 Å². The molecule has 1 amide bonds. The molecule has 1 aliphatic heterocycles. The first kappa shape index (κ1) is 23.0. The van der Waals surface area contributed by atoms with E-state index in [1.165, 1.54) is 29.8 Å². The van der Waals surface area contributed by atoms with Crippen LogP contribution in [0.15, 0.2) is 81.4 Å². The number of para-hydroxylation sites is 2. The van der Waals surface area contributed by atoms with Crippen molar-refractivity contribution in [3.63, 3.8) is 0 Å². The Hall–Kier alpha value is -3.14. The Morgan fingerprint density at radius 2 is 1.85 bits per heavy atom. The van der Waals surface area contributed by atoms with E-state index in [-0.39, 0.29) is 11.6 Å². The van der Waals surface area contributed by atoms with Crippen LogP contribution in [0.4, 0.5) is 11.4 Å². The molecule has 0 bridgehead atoms. The maximum atomic E-state index is 13.1. The highest BCUT2D eigenvalue weighted by Crippen LogP contribution is 2.41. The molecule has 1 aliphatic rings. The van der Waals surface area contributed by atoms with Gasteiger partial charge in [0.1, 0.15) is 5.75 Å². The highest BCUT2D eigenvalue weighted by Gasteiger charge is 2.35. The van der Waals surface area contributed by atoms with Crippen LogP contribution in [-0.4, -0.2) is 22.3 Å². The lowest BCUT2D eigenvalue weighted by Crippen LogP contribution is -2.27. The number of anilines is 1. The van der Waals surface area contributed by atoms with Crippen LogP contribution in [0.5, 0.6) is 5.75 Å². The van der Waals surface area contributed by atoms with Gasteiger partial charge in [0.05, 0.1) is 27.5 Å². The van der Waals surface area contributed by atoms with Gasteiger partial charge in [0.25, 0.3) is 11.6 Å². The normalized spacial score (nSPS) is 14.7. The summed E-state index contributed by atoms with van der Waals surface area (Å²) in [6.45, 7) is 1.99. The van der Waals surface area contributed by atoms with Crippen molar-refractivity contribution in [2.45, 2.75) is 16.7 Å². The highest BCUT2D eigenvalue weighted by molar-refractivity contribution is 8.27. The number of rotatable bonds is 6. The summed E-state index contributed by atoms with van der Waals surface area (Å²) in [6.07, 6.45) is 1.63. The minimum atomic E-state index is -0.409. The van der Waals surface area contributed by atoms with Crippen molar-refractivity contribution in [2.75, 3.05) is 12.0 Å². The highest BCUT2D eigenvalue weighted by atomic mass is 32.2. The lowest BCUT2D eigenvalue weighted by Gasteiger charge is -2.17. The number of nitro benzene ring substituents is 1.